The summed E-state index contributed by atoms with van der Waals surface area (Å²) in [5, 5.41) is 19.8. The molecule has 4 atom stereocenters. The van der Waals surface area contributed by atoms with E-state index in [1.165, 1.54) is 0 Å². The highest BCUT2D eigenvalue weighted by atomic mass is 16.5. The fourth-order valence-corrected chi connectivity index (χ4v) is 5.21. The van der Waals surface area contributed by atoms with E-state index in [0.717, 1.165) is 22.3 Å². The van der Waals surface area contributed by atoms with Crippen LogP contribution in [0.25, 0.3) is 11.1 Å². The van der Waals surface area contributed by atoms with Gasteiger partial charge in [-0.2, -0.15) is 5.26 Å². The monoisotopic (exact) mass is 473 g/mol. The molecule has 176 valence electrons. The van der Waals surface area contributed by atoms with Gasteiger partial charge < -0.3 is 9.84 Å². The maximum atomic E-state index is 13.7. The summed E-state index contributed by atoms with van der Waals surface area (Å²) >= 11 is 0. The molecule has 1 aliphatic carbocycles. The Hall–Kier alpha value is -4.69. The summed E-state index contributed by atoms with van der Waals surface area (Å²) in [6.45, 7) is 0. The van der Waals surface area contributed by atoms with E-state index >= 15 is 0 Å². The summed E-state index contributed by atoms with van der Waals surface area (Å²) < 4.78 is 5.88. The molecule has 1 aliphatic rings. The number of aliphatic carboxylic acids is 1. The van der Waals surface area contributed by atoms with Crippen molar-refractivity contribution in [1.82, 2.24) is 0 Å². The minimum Gasteiger partial charge on any atom is -0.481 e. The fraction of sp³-hybridized carbons (Fsp3) is 0.129. The van der Waals surface area contributed by atoms with Crippen molar-refractivity contribution in [2.24, 2.45) is 11.8 Å². The number of carbonyl (C=O) groups is 2. The summed E-state index contributed by atoms with van der Waals surface area (Å²) in [7, 11) is 0. The maximum Gasteiger partial charge on any atom is 0.315 e. The van der Waals surface area contributed by atoms with Gasteiger partial charge >= 0.3 is 11.9 Å². The molecule has 4 aromatic rings. The third-order valence-electron chi connectivity index (χ3n) is 6.89. The number of carboxylic acid groups (broad SMARTS) is 1. The Morgan fingerprint density at radius 3 is 1.72 bits per heavy atom. The van der Waals surface area contributed by atoms with E-state index in [0.29, 0.717) is 0 Å². The number of ether oxygens (including phenoxy) is 1. The number of nitrogens with zero attached hydrogens (tertiary/aromatic N) is 1. The summed E-state index contributed by atoms with van der Waals surface area (Å²) in [5.74, 6) is -3.93. The van der Waals surface area contributed by atoms with Gasteiger partial charge in [-0.1, -0.05) is 97.1 Å². The Balaban J connectivity index is 1.54. The zero-order valence-corrected chi connectivity index (χ0v) is 19.3. The quantitative estimate of drug-likeness (QED) is 0.273. The van der Waals surface area contributed by atoms with Gasteiger partial charge in [-0.05, 0) is 34.4 Å². The number of rotatable bonds is 6. The average molecular weight is 474 g/mol. The standard InChI is InChI=1S/C31H23NO4/c32-19-24-17-16-23(20-10-4-1-5-11-20)18-25(24)36-31(35)29-26(21-12-6-2-7-13-21)28(30(33)34)27(29)22-14-8-3-9-15-22/h1-18,26-29H,(H,33,34)/t26-,27?,28?,29?/m1/s1. The Labute approximate surface area is 209 Å². The Morgan fingerprint density at radius 2 is 1.22 bits per heavy atom. The molecule has 0 bridgehead atoms. The molecule has 0 aromatic heterocycles. The SMILES string of the molecule is N#Cc1ccc(-c2ccccc2)cc1OC(=O)C1C(c2ccccc2)C(C(=O)O)[C@H]1c1ccccc1. The van der Waals surface area contributed by atoms with E-state index in [9.17, 15) is 20.0 Å². The van der Waals surface area contributed by atoms with Crippen LogP contribution >= 0.6 is 0 Å². The first-order chi connectivity index (χ1) is 17.6. The fourth-order valence-electron chi connectivity index (χ4n) is 5.21. The van der Waals surface area contributed by atoms with E-state index < -0.39 is 35.6 Å². The van der Waals surface area contributed by atoms with Crippen LogP contribution < -0.4 is 4.74 Å². The van der Waals surface area contributed by atoms with Crippen LogP contribution in [0, 0.1) is 23.2 Å². The smallest absolute Gasteiger partial charge is 0.315 e. The topological polar surface area (TPSA) is 87.4 Å². The molecule has 0 amide bonds. The van der Waals surface area contributed by atoms with Gasteiger partial charge in [0.1, 0.15) is 11.8 Å². The van der Waals surface area contributed by atoms with E-state index in [4.69, 9.17) is 4.74 Å². The summed E-state index contributed by atoms with van der Waals surface area (Å²) in [4.78, 5) is 26.1. The molecule has 0 aliphatic heterocycles. The molecule has 0 saturated heterocycles. The molecule has 1 N–H and O–H groups in total. The number of carbonyl (C=O) groups excluding carboxylic acids is 1. The van der Waals surface area contributed by atoms with E-state index in [-0.39, 0.29) is 11.3 Å². The van der Waals surface area contributed by atoms with Crippen molar-refractivity contribution >= 4 is 11.9 Å². The third-order valence-corrected chi connectivity index (χ3v) is 6.89. The number of hydrogen-bond donors (Lipinski definition) is 1. The van der Waals surface area contributed by atoms with Crippen molar-refractivity contribution in [3.8, 4) is 22.9 Å². The van der Waals surface area contributed by atoms with Gasteiger partial charge in [0.2, 0.25) is 0 Å². The number of esters is 1. The Kier molecular flexibility index (Phi) is 6.34. The Morgan fingerprint density at radius 1 is 0.694 bits per heavy atom. The molecular weight excluding hydrogens is 450 g/mol. The van der Waals surface area contributed by atoms with Crippen LogP contribution in [0.3, 0.4) is 0 Å². The molecule has 5 rings (SSSR count). The molecule has 5 heteroatoms. The normalized spacial score (nSPS) is 20.5. The summed E-state index contributed by atoms with van der Waals surface area (Å²) in [6, 6.07) is 35.3. The molecule has 1 fully saturated rings. The molecular formula is C31H23NO4. The van der Waals surface area contributed by atoms with E-state index in [2.05, 4.69) is 6.07 Å². The first-order valence-corrected chi connectivity index (χ1v) is 11.7. The summed E-state index contributed by atoms with van der Waals surface area (Å²) in [5.41, 5.74) is 3.53. The van der Waals surface area contributed by atoms with Crippen molar-refractivity contribution in [3.05, 3.63) is 126 Å². The lowest BCUT2D eigenvalue weighted by Crippen LogP contribution is -2.52. The van der Waals surface area contributed by atoms with E-state index in [1.54, 1.807) is 12.1 Å². The first-order valence-electron chi connectivity index (χ1n) is 11.7. The molecule has 0 spiro atoms. The first kappa shape index (κ1) is 23.1. The lowest BCUT2D eigenvalue weighted by atomic mass is 9.52. The molecule has 4 aromatic carbocycles. The van der Waals surface area contributed by atoms with Crippen LogP contribution in [-0.4, -0.2) is 17.0 Å². The van der Waals surface area contributed by atoms with Crippen molar-refractivity contribution in [3.63, 3.8) is 0 Å². The molecule has 1 saturated carbocycles. The zero-order chi connectivity index (χ0) is 25.1. The second-order valence-corrected chi connectivity index (χ2v) is 8.87. The summed E-state index contributed by atoms with van der Waals surface area (Å²) in [6.07, 6.45) is 0. The second-order valence-electron chi connectivity index (χ2n) is 8.87. The molecule has 36 heavy (non-hydrogen) atoms. The van der Waals surface area contributed by atoms with Crippen molar-refractivity contribution < 1.29 is 19.4 Å². The van der Waals surface area contributed by atoms with Crippen molar-refractivity contribution in [1.29, 1.82) is 5.26 Å². The lowest BCUT2D eigenvalue weighted by molar-refractivity contribution is -0.158. The van der Waals surface area contributed by atoms with Crippen LogP contribution in [0.4, 0.5) is 0 Å². The zero-order valence-electron chi connectivity index (χ0n) is 19.3. The van der Waals surface area contributed by atoms with Gasteiger partial charge in [0.15, 0.2) is 0 Å². The largest absolute Gasteiger partial charge is 0.481 e. The van der Waals surface area contributed by atoms with Crippen LogP contribution in [0.15, 0.2) is 109 Å². The number of carboxylic acids is 1. The lowest BCUT2D eigenvalue weighted by Gasteiger charge is -2.49. The van der Waals surface area contributed by atoms with Crippen LogP contribution in [0.2, 0.25) is 0 Å². The van der Waals surface area contributed by atoms with Crippen LogP contribution in [0.5, 0.6) is 5.75 Å². The minimum atomic E-state index is -0.953. The molecule has 5 nitrogen and oxygen atoms in total. The Bertz CT molecular complexity index is 1380. The third kappa shape index (κ3) is 4.25. The highest BCUT2D eigenvalue weighted by Crippen LogP contribution is 2.58. The van der Waals surface area contributed by atoms with Crippen molar-refractivity contribution in [2.75, 3.05) is 0 Å². The highest BCUT2D eigenvalue weighted by molar-refractivity contribution is 5.86. The van der Waals surface area contributed by atoms with Gasteiger partial charge in [0.25, 0.3) is 0 Å². The minimum absolute atomic E-state index is 0.168. The van der Waals surface area contributed by atoms with Gasteiger partial charge in [0.05, 0.1) is 17.4 Å². The maximum absolute atomic E-state index is 13.7. The van der Waals surface area contributed by atoms with Gasteiger partial charge in [-0.15, -0.1) is 0 Å². The number of hydrogen-bond acceptors (Lipinski definition) is 4. The van der Waals surface area contributed by atoms with Gasteiger partial charge in [-0.25, -0.2) is 0 Å². The van der Waals surface area contributed by atoms with Gasteiger partial charge in [-0.3, -0.25) is 9.59 Å². The molecule has 3 unspecified atom stereocenters. The highest BCUT2D eigenvalue weighted by Gasteiger charge is 2.59. The van der Waals surface area contributed by atoms with Crippen LogP contribution in [0.1, 0.15) is 28.5 Å². The van der Waals surface area contributed by atoms with Crippen molar-refractivity contribution in [2.45, 2.75) is 11.8 Å². The average Bonchev–Trinajstić information content (AvgIpc) is 2.89. The number of benzene rings is 4. The predicted molar refractivity (Wildman–Crippen MR) is 135 cm³/mol. The van der Waals surface area contributed by atoms with E-state index in [1.807, 2.05) is 97.1 Å². The second kappa shape index (κ2) is 9.89. The number of nitriles is 1. The molecule has 0 heterocycles. The molecule has 0 radical (unpaired) electrons. The van der Waals surface area contributed by atoms with Crippen LogP contribution in [-0.2, 0) is 9.59 Å². The van der Waals surface area contributed by atoms with Gasteiger partial charge in [0, 0.05) is 11.8 Å². The predicted octanol–water partition coefficient (Wildman–Crippen LogP) is 6.03.